The Morgan fingerprint density at radius 1 is 1.25 bits per heavy atom. The van der Waals surface area contributed by atoms with Gasteiger partial charge in [0.05, 0.1) is 10.7 Å². The van der Waals surface area contributed by atoms with Crippen LogP contribution in [0.1, 0.15) is 5.69 Å². The topological polar surface area (TPSA) is 45.9 Å². The standard InChI is InChI=1S/C12H10ClN2O/c1-8-6-10(4-5-15-8)16-12-3-2-9(14)7-11(12)13/h2-7,14H,1H3. The van der Waals surface area contributed by atoms with Crippen LogP contribution in [0.4, 0.5) is 5.69 Å². The first kappa shape index (κ1) is 10.8. The van der Waals surface area contributed by atoms with E-state index in [1.165, 1.54) is 0 Å². The summed E-state index contributed by atoms with van der Waals surface area (Å²) in [5, 5.41) is 0.432. The Balaban J connectivity index is 2.27. The van der Waals surface area contributed by atoms with E-state index in [1.807, 2.05) is 13.0 Å². The van der Waals surface area contributed by atoms with Crippen LogP contribution < -0.4 is 10.5 Å². The fourth-order valence-corrected chi connectivity index (χ4v) is 1.51. The van der Waals surface area contributed by atoms with Crippen LogP contribution in [0.5, 0.6) is 11.5 Å². The lowest BCUT2D eigenvalue weighted by Crippen LogP contribution is -1.87. The Labute approximate surface area is 98.8 Å². The van der Waals surface area contributed by atoms with Gasteiger partial charge in [0.1, 0.15) is 11.5 Å². The van der Waals surface area contributed by atoms with Gasteiger partial charge in [0.15, 0.2) is 0 Å². The van der Waals surface area contributed by atoms with Gasteiger partial charge < -0.3 is 10.5 Å². The lowest BCUT2D eigenvalue weighted by molar-refractivity contribution is 0.481. The summed E-state index contributed by atoms with van der Waals surface area (Å²) in [6, 6.07) is 8.45. The van der Waals surface area contributed by atoms with Crippen LogP contribution in [-0.2, 0) is 0 Å². The van der Waals surface area contributed by atoms with Crippen LogP contribution in [0.3, 0.4) is 0 Å². The van der Waals surface area contributed by atoms with Crippen LogP contribution in [0.15, 0.2) is 36.5 Å². The number of hydrogen-bond acceptors (Lipinski definition) is 2. The van der Waals surface area contributed by atoms with Crippen molar-refractivity contribution in [1.82, 2.24) is 10.7 Å². The number of halogens is 1. The van der Waals surface area contributed by atoms with Gasteiger partial charge in [-0.1, -0.05) is 11.6 Å². The molecular formula is C12H10ClN2O. The van der Waals surface area contributed by atoms with Crippen LogP contribution >= 0.6 is 11.6 Å². The lowest BCUT2D eigenvalue weighted by atomic mass is 10.3. The first-order valence-electron chi connectivity index (χ1n) is 4.77. The van der Waals surface area contributed by atoms with Gasteiger partial charge >= 0.3 is 0 Å². The van der Waals surface area contributed by atoms with Crippen LogP contribution in [0.25, 0.3) is 0 Å². The number of aryl methyl sites for hydroxylation is 1. The molecule has 0 spiro atoms. The quantitative estimate of drug-likeness (QED) is 0.793. The minimum Gasteiger partial charge on any atom is -0.456 e. The van der Waals surface area contributed by atoms with Gasteiger partial charge in [-0.25, -0.2) is 0 Å². The molecular weight excluding hydrogens is 224 g/mol. The number of rotatable bonds is 2. The Morgan fingerprint density at radius 2 is 2.06 bits per heavy atom. The zero-order valence-corrected chi connectivity index (χ0v) is 9.45. The summed E-state index contributed by atoms with van der Waals surface area (Å²) < 4.78 is 5.59. The van der Waals surface area contributed by atoms with Crippen molar-refractivity contribution in [2.24, 2.45) is 0 Å². The number of benzene rings is 1. The zero-order valence-electron chi connectivity index (χ0n) is 8.70. The maximum absolute atomic E-state index is 7.40. The molecule has 16 heavy (non-hydrogen) atoms. The highest BCUT2D eigenvalue weighted by Crippen LogP contribution is 2.31. The largest absolute Gasteiger partial charge is 0.456 e. The van der Waals surface area contributed by atoms with E-state index in [0.717, 1.165) is 5.69 Å². The summed E-state index contributed by atoms with van der Waals surface area (Å²) in [5.74, 6) is 1.23. The lowest BCUT2D eigenvalue weighted by Gasteiger charge is -2.07. The third-order valence-corrected chi connectivity index (χ3v) is 2.32. The molecule has 0 aliphatic carbocycles. The van der Waals surface area contributed by atoms with Gasteiger partial charge in [-0.3, -0.25) is 4.98 Å². The summed E-state index contributed by atoms with van der Waals surface area (Å²) in [4.78, 5) is 4.08. The van der Waals surface area contributed by atoms with E-state index in [-0.39, 0.29) is 0 Å². The van der Waals surface area contributed by atoms with Gasteiger partial charge in [0, 0.05) is 18.0 Å². The Kier molecular flexibility index (Phi) is 2.97. The molecule has 0 atom stereocenters. The van der Waals surface area contributed by atoms with Gasteiger partial charge in [-0.05, 0) is 31.2 Å². The van der Waals surface area contributed by atoms with Crippen LogP contribution in [-0.4, -0.2) is 4.98 Å². The second-order valence-corrected chi connectivity index (χ2v) is 3.79. The van der Waals surface area contributed by atoms with Crippen molar-refractivity contribution < 1.29 is 4.74 Å². The predicted octanol–water partition coefficient (Wildman–Crippen LogP) is 3.75. The number of nitrogens with zero attached hydrogens (tertiary/aromatic N) is 1. The Hall–Kier alpha value is -1.74. The van der Waals surface area contributed by atoms with Crippen LogP contribution in [0.2, 0.25) is 5.02 Å². The molecule has 0 aliphatic heterocycles. The first-order valence-corrected chi connectivity index (χ1v) is 5.14. The van der Waals surface area contributed by atoms with E-state index in [1.54, 1.807) is 30.5 Å². The van der Waals surface area contributed by atoms with Gasteiger partial charge in [-0.15, -0.1) is 0 Å². The summed E-state index contributed by atoms with van der Waals surface area (Å²) in [6.07, 6.45) is 1.68. The fraction of sp³-hybridized carbons (Fsp3) is 0.0833. The Morgan fingerprint density at radius 3 is 2.75 bits per heavy atom. The molecule has 1 aromatic heterocycles. The molecule has 0 unspecified atom stereocenters. The molecule has 0 fully saturated rings. The molecule has 0 amide bonds. The van der Waals surface area contributed by atoms with Crippen molar-refractivity contribution in [2.45, 2.75) is 6.92 Å². The smallest absolute Gasteiger partial charge is 0.146 e. The third-order valence-electron chi connectivity index (χ3n) is 2.03. The summed E-state index contributed by atoms with van der Waals surface area (Å²) in [6.45, 7) is 1.89. The molecule has 1 heterocycles. The minimum absolute atomic E-state index is 0.364. The van der Waals surface area contributed by atoms with E-state index in [9.17, 15) is 0 Å². The van der Waals surface area contributed by atoms with E-state index in [2.05, 4.69) is 4.98 Å². The summed E-state index contributed by atoms with van der Waals surface area (Å²) in [5.41, 5.74) is 8.64. The van der Waals surface area contributed by atoms with Crippen molar-refractivity contribution in [3.63, 3.8) is 0 Å². The molecule has 3 nitrogen and oxygen atoms in total. The van der Waals surface area contributed by atoms with E-state index >= 15 is 0 Å². The monoisotopic (exact) mass is 233 g/mol. The minimum atomic E-state index is 0.364. The molecule has 1 aromatic carbocycles. The van der Waals surface area contributed by atoms with Crippen molar-refractivity contribution >= 4 is 17.3 Å². The number of ether oxygens (including phenoxy) is 1. The fourth-order valence-electron chi connectivity index (χ4n) is 1.29. The Bertz CT molecular complexity index is 514. The van der Waals surface area contributed by atoms with E-state index < -0.39 is 0 Å². The van der Waals surface area contributed by atoms with Crippen LogP contribution in [0, 0.1) is 6.92 Å². The van der Waals surface area contributed by atoms with Crippen molar-refractivity contribution in [1.29, 1.82) is 0 Å². The molecule has 1 radical (unpaired) electrons. The number of hydrogen-bond donors (Lipinski definition) is 0. The summed E-state index contributed by atoms with van der Waals surface area (Å²) in [7, 11) is 0. The zero-order chi connectivity index (χ0) is 11.5. The third kappa shape index (κ3) is 2.44. The molecule has 2 rings (SSSR count). The second-order valence-electron chi connectivity index (χ2n) is 3.38. The highest BCUT2D eigenvalue weighted by atomic mass is 35.5. The number of aromatic nitrogens is 1. The van der Waals surface area contributed by atoms with Gasteiger partial charge in [0.2, 0.25) is 0 Å². The molecule has 4 heteroatoms. The highest BCUT2D eigenvalue weighted by Gasteiger charge is 2.03. The molecule has 0 saturated heterocycles. The first-order chi connectivity index (χ1) is 7.65. The van der Waals surface area contributed by atoms with Crippen molar-refractivity contribution in [2.75, 3.05) is 0 Å². The van der Waals surface area contributed by atoms with E-state index in [4.69, 9.17) is 22.1 Å². The van der Waals surface area contributed by atoms with Gasteiger partial charge in [0.25, 0.3) is 0 Å². The van der Waals surface area contributed by atoms with E-state index in [0.29, 0.717) is 22.2 Å². The number of nitrogens with one attached hydrogen (secondary N) is 1. The molecule has 0 aliphatic rings. The normalized spacial score (nSPS) is 10.1. The maximum atomic E-state index is 7.40. The SMILES string of the molecule is Cc1cc(Oc2ccc([NH])cc2Cl)ccn1. The second kappa shape index (κ2) is 4.41. The predicted molar refractivity (Wildman–Crippen MR) is 63.3 cm³/mol. The maximum Gasteiger partial charge on any atom is 0.146 e. The van der Waals surface area contributed by atoms with Crippen molar-refractivity contribution in [3.8, 4) is 11.5 Å². The summed E-state index contributed by atoms with van der Waals surface area (Å²) >= 11 is 5.96. The highest BCUT2D eigenvalue weighted by molar-refractivity contribution is 6.32. The van der Waals surface area contributed by atoms with Crippen molar-refractivity contribution in [3.05, 3.63) is 47.2 Å². The molecule has 0 bridgehead atoms. The average molecular weight is 234 g/mol. The molecule has 81 valence electrons. The molecule has 0 saturated carbocycles. The molecule has 2 aromatic rings. The average Bonchev–Trinajstić information content (AvgIpc) is 2.22. The molecule has 1 N–H and O–H groups in total. The van der Waals surface area contributed by atoms with Gasteiger partial charge in [-0.2, -0.15) is 0 Å². The number of pyridine rings is 1.